The quantitative estimate of drug-likeness (QED) is 0.914. The highest BCUT2D eigenvalue weighted by Crippen LogP contribution is 2.16. The molecule has 5 heteroatoms. The van der Waals surface area contributed by atoms with Crippen LogP contribution in [-0.4, -0.2) is 20.6 Å². The number of carbonyl (C=O) groups excluding carboxylic acids is 1. The van der Waals surface area contributed by atoms with Gasteiger partial charge in [0, 0.05) is 18.4 Å². The van der Waals surface area contributed by atoms with E-state index in [2.05, 4.69) is 17.4 Å². The number of sulfone groups is 1. The molecular formula is C18H21NO3S. The van der Waals surface area contributed by atoms with Crippen molar-refractivity contribution in [1.29, 1.82) is 0 Å². The normalized spacial score (nSPS) is 11.3. The Kier molecular flexibility index (Phi) is 5.21. The minimum Gasteiger partial charge on any atom is -0.326 e. The standard InChI is InChI=1S/C18H21NO3S/c1-13-4-5-15(14(2)12-13)6-11-18(20)19-16-7-9-17(10-8-16)23(3,21)22/h4-5,7-10,12H,6,11H2,1-3H3,(H,19,20). The molecule has 2 aromatic rings. The number of amides is 1. The van der Waals surface area contributed by atoms with Gasteiger partial charge in [-0.2, -0.15) is 0 Å². The molecule has 0 aromatic heterocycles. The van der Waals surface area contributed by atoms with Crippen LogP contribution >= 0.6 is 0 Å². The van der Waals surface area contributed by atoms with Crippen molar-refractivity contribution in [3.05, 3.63) is 59.2 Å². The average Bonchev–Trinajstić information content (AvgIpc) is 2.46. The van der Waals surface area contributed by atoms with Crippen molar-refractivity contribution in [2.24, 2.45) is 0 Å². The van der Waals surface area contributed by atoms with E-state index >= 15 is 0 Å². The number of anilines is 1. The second-order valence-electron chi connectivity index (χ2n) is 5.77. The monoisotopic (exact) mass is 331 g/mol. The topological polar surface area (TPSA) is 63.2 Å². The van der Waals surface area contributed by atoms with Crippen molar-refractivity contribution < 1.29 is 13.2 Å². The molecule has 23 heavy (non-hydrogen) atoms. The molecule has 0 fully saturated rings. The second kappa shape index (κ2) is 6.96. The van der Waals surface area contributed by atoms with E-state index in [0.29, 0.717) is 18.5 Å². The van der Waals surface area contributed by atoms with Crippen molar-refractivity contribution >= 4 is 21.4 Å². The van der Waals surface area contributed by atoms with E-state index in [-0.39, 0.29) is 10.8 Å². The molecule has 4 nitrogen and oxygen atoms in total. The molecule has 0 aliphatic heterocycles. The molecule has 1 N–H and O–H groups in total. The Bertz CT molecular complexity index is 809. The minimum atomic E-state index is -3.22. The maximum Gasteiger partial charge on any atom is 0.224 e. The van der Waals surface area contributed by atoms with Crippen molar-refractivity contribution in [2.45, 2.75) is 31.6 Å². The number of hydrogen-bond donors (Lipinski definition) is 1. The fourth-order valence-electron chi connectivity index (χ4n) is 2.38. The van der Waals surface area contributed by atoms with Gasteiger partial charge in [0.05, 0.1) is 4.90 Å². The largest absolute Gasteiger partial charge is 0.326 e. The molecule has 0 saturated carbocycles. The van der Waals surface area contributed by atoms with Crippen LogP contribution in [0.5, 0.6) is 0 Å². The summed E-state index contributed by atoms with van der Waals surface area (Å²) in [5.41, 5.74) is 4.16. The zero-order chi connectivity index (χ0) is 17.0. The van der Waals surface area contributed by atoms with Crippen LogP contribution in [-0.2, 0) is 21.1 Å². The summed E-state index contributed by atoms with van der Waals surface area (Å²) in [7, 11) is -3.22. The smallest absolute Gasteiger partial charge is 0.224 e. The third-order valence-electron chi connectivity index (χ3n) is 3.69. The van der Waals surface area contributed by atoms with Crippen molar-refractivity contribution in [3.8, 4) is 0 Å². The van der Waals surface area contributed by atoms with Crippen LogP contribution < -0.4 is 5.32 Å². The number of aryl methyl sites for hydroxylation is 3. The lowest BCUT2D eigenvalue weighted by Crippen LogP contribution is -2.12. The number of rotatable bonds is 5. The van der Waals surface area contributed by atoms with Gasteiger partial charge in [0.2, 0.25) is 5.91 Å². The first kappa shape index (κ1) is 17.2. The average molecular weight is 331 g/mol. The van der Waals surface area contributed by atoms with Gasteiger partial charge in [-0.15, -0.1) is 0 Å². The van der Waals surface area contributed by atoms with Crippen LogP contribution in [0.25, 0.3) is 0 Å². The highest BCUT2D eigenvalue weighted by molar-refractivity contribution is 7.90. The summed E-state index contributed by atoms with van der Waals surface area (Å²) in [4.78, 5) is 12.3. The molecule has 2 aromatic carbocycles. The number of carbonyl (C=O) groups is 1. The third kappa shape index (κ3) is 4.93. The highest BCUT2D eigenvalue weighted by Gasteiger charge is 2.08. The van der Waals surface area contributed by atoms with Gasteiger partial charge in [-0.3, -0.25) is 4.79 Å². The maximum absolute atomic E-state index is 12.0. The summed E-state index contributed by atoms with van der Waals surface area (Å²) in [6.07, 6.45) is 2.22. The Morgan fingerprint density at radius 1 is 1.04 bits per heavy atom. The van der Waals surface area contributed by atoms with E-state index in [9.17, 15) is 13.2 Å². The second-order valence-corrected chi connectivity index (χ2v) is 7.79. The Labute approximate surface area is 137 Å². The number of nitrogens with one attached hydrogen (secondary N) is 1. The van der Waals surface area contributed by atoms with Crippen LogP contribution in [0, 0.1) is 13.8 Å². The molecule has 0 saturated heterocycles. The molecule has 2 rings (SSSR count). The molecule has 0 spiro atoms. The zero-order valence-corrected chi connectivity index (χ0v) is 14.4. The van der Waals surface area contributed by atoms with Crippen molar-refractivity contribution in [1.82, 2.24) is 0 Å². The molecule has 0 aliphatic carbocycles. The number of benzene rings is 2. The highest BCUT2D eigenvalue weighted by atomic mass is 32.2. The van der Waals surface area contributed by atoms with Crippen LogP contribution in [0.1, 0.15) is 23.1 Å². The summed E-state index contributed by atoms with van der Waals surface area (Å²) >= 11 is 0. The zero-order valence-electron chi connectivity index (χ0n) is 13.6. The van der Waals surface area contributed by atoms with Gasteiger partial charge in [-0.1, -0.05) is 23.8 Å². The predicted molar refractivity (Wildman–Crippen MR) is 92.4 cm³/mol. The van der Waals surface area contributed by atoms with Gasteiger partial charge in [-0.25, -0.2) is 8.42 Å². The Hall–Kier alpha value is -2.14. The molecule has 0 radical (unpaired) electrons. The predicted octanol–water partition coefficient (Wildman–Crippen LogP) is 3.28. The molecule has 0 atom stereocenters. The molecular weight excluding hydrogens is 310 g/mol. The third-order valence-corrected chi connectivity index (χ3v) is 4.81. The Morgan fingerprint density at radius 3 is 2.26 bits per heavy atom. The van der Waals surface area contributed by atoms with Gasteiger partial charge in [0.15, 0.2) is 9.84 Å². The van der Waals surface area contributed by atoms with E-state index in [0.717, 1.165) is 11.8 Å². The first-order valence-electron chi connectivity index (χ1n) is 7.42. The molecule has 1 amide bonds. The van der Waals surface area contributed by atoms with E-state index in [1.165, 1.54) is 23.3 Å². The van der Waals surface area contributed by atoms with Gasteiger partial charge in [-0.05, 0) is 55.7 Å². The van der Waals surface area contributed by atoms with Crippen LogP contribution in [0.3, 0.4) is 0 Å². The first-order chi connectivity index (χ1) is 10.8. The van der Waals surface area contributed by atoms with Gasteiger partial charge >= 0.3 is 0 Å². The summed E-state index contributed by atoms with van der Waals surface area (Å²) in [5.74, 6) is -0.0860. The van der Waals surface area contributed by atoms with Crippen molar-refractivity contribution in [2.75, 3.05) is 11.6 Å². The molecule has 0 aliphatic rings. The van der Waals surface area contributed by atoms with E-state index in [1.54, 1.807) is 12.1 Å². The summed E-state index contributed by atoms with van der Waals surface area (Å²) < 4.78 is 22.8. The Morgan fingerprint density at radius 2 is 1.70 bits per heavy atom. The van der Waals surface area contributed by atoms with Crippen LogP contribution in [0.2, 0.25) is 0 Å². The van der Waals surface area contributed by atoms with Gasteiger partial charge in [0.1, 0.15) is 0 Å². The Balaban J connectivity index is 1.94. The summed E-state index contributed by atoms with van der Waals surface area (Å²) in [5, 5.41) is 2.79. The SMILES string of the molecule is Cc1ccc(CCC(=O)Nc2ccc(S(C)(=O)=O)cc2)c(C)c1. The lowest BCUT2D eigenvalue weighted by atomic mass is 10.0. The maximum atomic E-state index is 12.0. The van der Waals surface area contributed by atoms with Crippen molar-refractivity contribution in [3.63, 3.8) is 0 Å². The van der Waals surface area contributed by atoms with Crippen LogP contribution in [0.15, 0.2) is 47.4 Å². The van der Waals surface area contributed by atoms with Gasteiger partial charge in [0.25, 0.3) is 0 Å². The summed E-state index contributed by atoms with van der Waals surface area (Å²) in [6, 6.07) is 12.4. The fourth-order valence-corrected chi connectivity index (χ4v) is 3.01. The molecule has 0 heterocycles. The lowest BCUT2D eigenvalue weighted by Gasteiger charge is -2.08. The minimum absolute atomic E-state index is 0.0860. The molecule has 122 valence electrons. The molecule has 0 bridgehead atoms. The van der Waals surface area contributed by atoms with E-state index in [1.807, 2.05) is 19.9 Å². The van der Waals surface area contributed by atoms with Crippen LogP contribution in [0.4, 0.5) is 5.69 Å². The lowest BCUT2D eigenvalue weighted by molar-refractivity contribution is -0.116. The summed E-state index contributed by atoms with van der Waals surface area (Å²) in [6.45, 7) is 4.09. The number of hydrogen-bond acceptors (Lipinski definition) is 3. The molecule has 0 unspecified atom stereocenters. The van der Waals surface area contributed by atoms with Gasteiger partial charge < -0.3 is 5.32 Å². The van der Waals surface area contributed by atoms with E-state index < -0.39 is 9.84 Å². The first-order valence-corrected chi connectivity index (χ1v) is 9.31. The van der Waals surface area contributed by atoms with E-state index in [4.69, 9.17) is 0 Å². The fraction of sp³-hybridized carbons (Fsp3) is 0.278.